The van der Waals surface area contributed by atoms with E-state index in [4.69, 9.17) is 0 Å². The molecule has 0 aliphatic heterocycles. The van der Waals surface area contributed by atoms with Gasteiger partial charge in [-0.25, -0.2) is 13.9 Å². The summed E-state index contributed by atoms with van der Waals surface area (Å²) in [5.74, 6) is 0.415. The molecule has 4 heteroatoms. The molecule has 3 nitrogen and oxygen atoms in total. The third-order valence-corrected chi connectivity index (χ3v) is 2.83. The summed E-state index contributed by atoms with van der Waals surface area (Å²) in [7, 11) is 0. The maximum atomic E-state index is 13.5. The first-order valence-electron chi connectivity index (χ1n) is 5.78. The first-order valence-corrected chi connectivity index (χ1v) is 5.78. The molecule has 3 aromatic rings. The number of fused-ring (bicyclic) bond motifs is 1. The fourth-order valence-electron chi connectivity index (χ4n) is 1.92. The molecule has 0 atom stereocenters. The van der Waals surface area contributed by atoms with Crippen LogP contribution < -0.4 is 0 Å². The molecule has 2 heterocycles. The second-order valence-corrected chi connectivity index (χ2v) is 4.31. The molecular weight excluding hydrogens is 229 g/mol. The largest absolute Gasteiger partial charge is 0.221 e. The van der Waals surface area contributed by atoms with Gasteiger partial charge >= 0.3 is 0 Å². The second-order valence-electron chi connectivity index (χ2n) is 4.31. The van der Waals surface area contributed by atoms with Crippen molar-refractivity contribution < 1.29 is 4.39 Å². The first kappa shape index (κ1) is 10.9. The van der Waals surface area contributed by atoms with Crippen LogP contribution >= 0.6 is 0 Å². The van der Waals surface area contributed by atoms with E-state index in [1.807, 2.05) is 31.3 Å². The number of aryl methyl sites for hydroxylation is 1. The summed E-state index contributed by atoms with van der Waals surface area (Å²) < 4.78 is 15.3. The molecule has 0 bridgehead atoms. The molecule has 0 unspecified atom stereocenters. The van der Waals surface area contributed by atoms with Crippen molar-refractivity contribution in [3.63, 3.8) is 0 Å². The van der Waals surface area contributed by atoms with Gasteiger partial charge in [0.1, 0.15) is 5.82 Å². The Balaban J connectivity index is 1.98. The van der Waals surface area contributed by atoms with Crippen LogP contribution in [0.3, 0.4) is 0 Å². The Hall–Kier alpha value is -2.23. The number of aromatic nitrogens is 3. The van der Waals surface area contributed by atoms with Crippen LogP contribution in [0.4, 0.5) is 4.39 Å². The number of hydrogen-bond donors (Lipinski definition) is 0. The van der Waals surface area contributed by atoms with Gasteiger partial charge in [0.15, 0.2) is 11.5 Å². The molecular formula is C14H12FN3. The molecule has 0 fully saturated rings. The molecule has 0 N–H and O–H groups in total. The SMILES string of the molecule is Cc1ccc2nc(Cc3ccccc3F)nn2c1. The zero-order chi connectivity index (χ0) is 12.5. The van der Waals surface area contributed by atoms with Crippen molar-refractivity contribution in [3.05, 3.63) is 65.4 Å². The quantitative estimate of drug-likeness (QED) is 0.690. The van der Waals surface area contributed by atoms with E-state index < -0.39 is 0 Å². The van der Waals surface area contributed by atoms with Gasteiger partial charge in [-0.05, 0) is 30.2 Å². The van der Waals surface area contributed by atoms with Gasteiger partial charge in [-0.15, -0.1) is 0 Å². The number of nitrogens with zero attached hydrogens (tertiary/aromatic N) is 3. The smallest absolute Gasteiger partial charge is 0.156 e. The minimum absolute atomic E-state index is 0.215. The van der Waals surface area contributed by atoms with Gasteiger partial charge in [-0.2, -0.15) is 5.10 Å². The molecule has 18 heavy (non-hydrogen) atoms. The zero-order valence-corrected chi connectivity index (χ0v) is 9.97. The van der Waals surface area contributed by atoms with Crippen LogP contribution in [0.5, 0.6) is 0 Å². The Labute approximate surface area is 104 Å². The predicted molar refractivity (Wildman–Crippen MR) is 66.9 cm³/mol. The van der Waals surface area contributed by atoms with Gasteiger partial charge in [-0.3, -0.25) is 0 Å². The Kier molecular flexibility index (Phi) is 2.55. The van der Waals surface area contributed by atoms with Crippen LogP contribution in [0.1, 0.15) is 17.0 Å². The van der Waals surface area contributed by atoms with Gasteiger partial charge < -0.3 is 0 Å². The van der Waals surface area contributed by atoms with Crippen molar-refractivity contribution in [1.82, 2.24) is 14.6 Å². The number of benzene rings is 1. The summed E-state index contributed by atoms with van der Waals surface area (Å²) in [5, 5.41) is 4.35. The molecule has 0 saturated heterocycles. The molecule has 0 saturated carbocycles. The molecule has 3 rings (SSSR count). The maximum absolute atomic E-state index is 13.5. The minimum Gasteiger partial charge on any atom is -0.221 e. The molecule has 1 aromatic carbocycles. The summed E-state index contributed by atoms with van der Waals surface area (Å²) >= 11 is 0. The van der Waals surface area contributed by atoms with E-state index in [0.717, 1.165) is 11.2 Å². The molecule has 0 aliphatic carbocycles. The highest BCUT2D eigenvalue weighted by atomic mass is 19.1. The standard InChI is InChI=1S/C14H12FN3/c1-10-6-7-14-16-13(17-18(14)9-10)8-11-4-2-3-5-12(11)15/h2-7,9H,8H2,1H3. The average molecular weight is 241 g/mol. The van der Waals surface area contributed by atoms with Crippen molar-refractivity contribution >= 4 is 5.65 Å². The van der Waals surface area contributed by atoms with E-state index in [1.54, 1.807) is 16.6 Å². The van der Waals surface area contributed by atoms with Crippen LogP contribution in [-0.2, 0) is 6.42 Å². The number of pyridine rings is 1. The maximum Gasteiger partial charge on any atom is 0.156 e. The summed E-state index contributed by atoms with van der Waals surface area (Å²) in [5.41, 5.74) is 2.52. The second kappa shape index (κ2) is 4.22. The normalized spacial score (nSPS) is 11.0. The third-order valence-electron chi connectivity index (χ3n) is 2.83. The Morgan fingerprint density at radius 2 is 2.00 bits per heavy atom. The van der Waals surface area contributed by atoms with Gasteiger partial charge in [0, 0.05) is 12.6 Å². The van der Waals surface area contributed by atoms with Crippen LogP contribution in [0.2, 0.25) is 0 Å². The summed E-state index contributed by atoms with van der Waals surface area (Å²) in [6, 6.07) is 10.6. The third kappa shape index (κ3) is 1.97. The zero-order valence-electron chi connectivity index (χ0n) is 9.97. The fourth-order valence-corrected chi connectivity index (χ4v) is 1.92. The van der Waals surface area contributed by atoms with Crippen LogP contribution in [0.25, 0.3) is 5.65 Å². The van der Waals surface area contributed by atoms with Crippen molar-refractivity contribution in [3.8, 4) is 0 Å². The van der Waals surface area contributed by atoms with E-state index >= 15 is 0 Å². The first-order chi connectivity index (χ1) is 8.72. The van der Waals surface area contributed by atoms with Gasteiger partial charge in [0.25, 0.3) is 0 Å². The molecule has 0 amide bonds. The van der Waals surface area contributed by atoms with E-state index in [0.29, 0.717) is 17.8 Å². The lowest BCUT2D eigenvalue weighted by Crippen LogP contribution is -1.95. The van der Waals surface area contributed by atoms with Gasteiger partial charge in [0.05, 0.1) is 0 Å². The Bertz CT molecular complexity index is 703. The lowest BCUT2D eigenvalue weighted by Gasteiger charge is -1.98. The molecule has 2 aromatic heterocycles. The highest BCUT2D eigenvalue weighted by Gasteiger charge is 2.07. The number of hydrogen-bond acceptors (Lipinski definition) is 2. The van der Waals surface area contributed by atoms with E-state index in [1.165, 1.54) is 6.07 Å². The van der Waals surface area contributed by atoms with E-state index in [-0.39, 0.29) is 5.82 Å². The average Bonchev–Trinajstić information content (AvgIpc) is 2.73. The Morgan fingerprint density at radius 1 is 1.17 bits per heavy atom. The lowest BCUT2D eigenvalue weighted by atomic mass is 10.1. The van der Waals surface area contributed by atoms with Crippen molar-refractivity contribution in [1.29, 1.82) is 0 Å². The predicted octanol–water partition coefficient (Wildman–Crippen LogP) is 2.77. The lowest BCUT2D eigenvalue weighted by molar-refractivity contribution is 0.612. The summed E-state index contributed by atoms with van der Waals surface area (Å²) in [4.78, 5) is 4.38. The monoisotopic (exact) mass is 241 g/mol. The highest BCUT2D eigenvalue weighted by molar-refractivity contribution is 5.39. The van der Waals surface area contributed by atoms with Gasteiger partial charge in [-0.1, -0.05) is 24.3 Å². The summed E-state index contributed by atoms with van der Waals surface area (Å²) in [6.07, 6.45) is 2.32. The van der Waals surface area contributed by atoms with Crippen molar-refractivity contribution in [2.45, 2.75) is 13.3 Å². The molecule has 0 spiro atoms. The van der Waals surface area contributed by atoms with Crippen LogP contribution in [0, 0.1) is 12.7 Å². The molecule has 0 aliphatic rings. The summed E-state index contributed by atoms with van der Waals surface area (Å²) in [6.45, 7) is 2.00. The fraction of sp³-hybridized carbons (Fsp3) is 0.143. The van der Waals surface area contributed by atoms with E-state index in [9.17, 15) is 4.39 Å². The molecule has 0 radical (unpaired) electrons. The Morgan fingerprint density at radius 3 is 2.83 bits per heavy atom. The minimum atomic E-state index is -0.215. The van der Waals surface area contributed by atoms with Crippen LogP contribution in [0.15, 0.2) is 42.6 Å². The van der Waals surface area contributed by atoms with Crippen molar-refractivity contribution in [2.24, 2.45) is 0 Å². The number of halogens is 1. The number of rotatable bonds is 2. The van der Waals surface area contributed by atoms with Crippen molar-refractivity contribution in [2.75, 3.05) is 0 Å². The highest BCUT2D eigenvalue weighted by Crippen LogP contribution is 2.12. The topological polar surface area (TPSA) is 30.2 Å². The van der Waals surface area contributed by atoms with Crippen LogP contribution in [-0.4, -0.2) is 14.6 Å². The van der Waals surface area contributed by atoms with Gasteiger partial charge in [0.2, 0.25) is 0 Å². The van der Waals surface area contributed by atoms with E-state index in [2.05, 4.69) is 10.1 Å². The molecule has 90 valence electrons.